The minimum absolute atomic E-state index is 0.0517. The van der Waals surface area contributed by atoms with Crippen molar-refractivity contribution in [2.75, 3.05) is 0 Å². The predicted molar refractivity (Wildman–Crippen MR) is 75.8 cm³/mol. The molecule has 1 rings (SSSR count). The molecule has 0 amide bonds. The fourth-order valence-corrected chi connectivity index (χ4v) is 2.02. The minimum atomic E-state index is -0.0517. The second kappa shape index (κ2) is 5.25. The number of H-pyrrole nitrogens is 1. The van der Waals surface area contributed by atoms with Gasteiger partial charge in [-0.25, -0.2) is 4.98 Å². The molecule has 0 atom stereocenters. The lowest BCUT2D eigenvalue weighted by Crippen LogP contribution is -2.21. The van der Waals surface area contributed by atoms with Crippen molar-refractivity contribution < 1.29 is 0 Å². The topological polar surface area (TPSA) is 45.8 Å². The van der Waals surface area contributed by atoms with Gasteiger partial charge < -0.3 is 4.98 Å². The van der Waals surface area contributed by atoms with Crippen molar-refractivity contribution in [3.63, 3.8) is 0 Å². The van der Waals surface area contributed by atoms with Crippen molar-refractivity contribution in [1.29, 1.82) is 0 Å². The van der Waals surface area contributed by atoms with Crippen LogP contribution >= 0.6 is 0 Å². The maximum Gasteiger partial charge on any atom is 0.251 e. The molecule has 3 nitrogen and oxygen atoms in total. The van der Waals surface area contributed by atoms with Crippen LogP contribution in [0.15, 0.2) is 10.9 Å². The summed E-state index contributed by atoms with van der Waals surface area (Å²) in [6.07, 6.45) is 3.18. The number of aryl methyl sites for hydroxylation is 1. The molecule has 3 heteroatoms. The fraction of sp³-hybridized carbons (Fsp3) is 0.733. The van der Waals surface area contributed by atoms with Crippen LogP contribution in [-0.2, 0) is 6.42 Å². The summed E-state index contributed by atoms with van der Waals surface area (Å²) < 4.78 is 0. The molecule has 1 heterocycles. The van der Waals surface area contributed by atoms with E-state index in [4.69, 9.17) is 0 Å². The maximum absolute atomic E-state index is 11.4. The molecular weight excluding hydrogens is 224 g/mol. The fourth-order valence-electron chi connectivity index (χ4n) is 2.02. The summed E-state index contributed by atoms with van der Waals surface area (Å²) in [6, 6.07) is 1.62. The average Bonchev–Trinajstić information content (AvgIpc) is 2.11. The van der Waals surface area contributed by atoms with Crippen molar-refractivity contribution in [1.82, 2.24) is 9.97 Å². The van der Waals surface area contributed by atoms with Crippen LogP contribution in [0.5, 0.6) is 0 Å². The van der Waals surface area contributed by atoms with Gasteiger partial charge in [0.1, 0.15) is 5.82 Å². The average molecular weight is 250 g/mol. The molecule has 0 spiro atoms. The largest absolute Gasteiger partial charge is 0.311 e. The van der Waals surface area contributed by atoms with Gasteiger partial charge >= 0.3 is 0 Å². The van der Waals surface area contributed by atoms with Crippen molar-refractivity contribution in [2.24, 2.45) is 10.8 Å². The molecule has 0 aliphatic carbocycles. The zero-order chi connectivity index (χ0) is 14.0. The predicted octanol–water partition coefficient (Wildman–Crippen LogP) is 3.47. The molecule has 0 aliphatic rings. The number of nitrogens with zero attached hydrogens (tertiary/aromatic N) is 1. The molecule has 0 fully saturated rings. The standard InChI is InChI=1S/C15H26N2O/c1-11-16-12(9-13(18)17-11)10-15(5,6)8-7-14(2,3)4/h9H,7-8,10H2,1-6H3,(H,16,17,18). The van der Waals surface area contributed by atoms with E-state index in [0.717, 1.165) is 18.5 Å². The first kappa shape index (κ1) is 14.9. The van der Waals surface area contributed by atoms with Crippen LogP contribution in [0.3, 0.4) is 0 Å². The number of hydrogen-bond acceptors (Lipinski definition) is 2. The van der Waals surface area contributed by atoms with Crippen LogP contribution in [0, 0.1) is 17.8 Å². The highest BCUT2D eigenvalue weighted by atomic mass is 16.1. The second-order valence-electron chi connectivity index (χ2n) is 7.22. The molecule has 0 radical (unpaired) electrons. The van der Waals surface area contributed by atoms with Crippen molar-refractivity contribution in [3.05, 3.63) is 27.9 Å². The lowest BCUT2D eigenvalue weighted by atomic mass is 9.77. The lowest BCUT2D eigenvalue weighted by Gasteiger charge is -2.28. The summed E-state index contributed by atoms with van der Waals surface area (Å²) in [6.45, 7) is 13.1. The van der Waals surface area contributed by atoms with Crippen LogP contribution in [0.25, 0.3) is 0 Å². The summed E-state index contributed by atoms with van der Waals surface area (Å²) in [5.74, 6) is 0.698. The summed E-state index contributed by atoms with van der Waals surface area (Å²) in [5.41, 5.74) is 1.38. The van der Waals surface area contributed by atoms with E-state index in [1.807, 2.05) is 6.92 Å². The Kier molecular flexibility index (Phi) is 4.36. The van der Waals surface area contributed by atoms with E-state index >= 15 is 0 Å². The van der Waals surface area contributed by atoms with Gasteiger partial charge in [-0.1, -0.05) is 34.6 Å². The van der Waals surface area contributed by atoms with Gasteiger partial charge in [0.05, 0.1) is 0 Å². The van der Waals surface area contributed by atoms with Crippen LogP contribution in [0.4, 0.5) is 0 Å². The highest BCUT2D eigenvalue weighted by Crippen LogP contribution is 2.32. The zero-order valence-electron chi connectivity index (χ0n) is 12.6. The Bertz CT molecular complexity index is 452. The Morgan fingerprint density at radius 2 is 1.78 bits per heavy atom. The number of aromatic amines is 1. The van der Waals surface area contributed by atoms with E-state index in [9.17, 15) is 4.79 Å². The van der Waals surface area contributed by atoms with Gasteiger partial charge in [0, 0.05) is 11.8 Å². The monoisotopic (exact) mass is 250 g/mol. The van der Waals surface area contributed by atoms with E-state index in [1.54, 1.807) is 6.07 Å². The molecule has 0 aliphatic heterocycles. The van der Waals surface area contributed by atoms with Gasteiger partial charge in [0.2, 0.25) is 0 Å². The molecule has 0 bridgehead atoms. The smallest absolute Gasteiger partial charge is 0.251 e. The third-order valence-corrected chi connectivity index (χ3v) is 3.12. The molecule has 1 aromatic rings. The molecule has 18 heavy (non-hydrogen) atoms. The first-order chi connectivity index (χ1) is 8.07. The molecule has 0 saturated heterocycles. The maximum atomic E-state index is 11.4. The first-order valence-corrected chi connectivity index (χ1v) is 6.64. The molecule has 1 aromatic heterocycles. The minimum Gasteiger partial charge on any atom is -0.311 e. The van der Waals surface area contributed by atoms with E-state index in [0.29, 0.717) is 11.2 Å². The summed E-state index contributed by atoms with van der Waals surface area (Å²) >= 11 is 0. The molecular formula is C15H26N2O. The quantitative estimate of drug-likeness (QED) is 0.889. The van der Waals surface area contributed by atoms with Crippen molar-refractivity contribution in [3.8, 4) is 0 Å². The molecule has 0 unspecified atom stereocenters. The van der Waals surface area contributed by atoms with E-state index in [-0.39, 0.29) is 11.0 Å². The number of nitrogens with one attached hydrogen (secondary N) is 1. The van der Waals surface area contributed by atoms with Crippen LogP contribution in [0.2, 0.25) is 0 Å². The molecule has 1 N–H and O–H groups in total. The molecule has 0 saturated carbocycles. The van der Waals surface area contributed by atoms with E-state index in [2.05, 4.69) is 44.6 Å². The zero-order valence-corrected chi connectivity index (χ0v) is 12.6. The Hall–Kier alpha value is -1.12. The summed E-state index contributed by atoms with van der Waals surface area (Å²) in [7, 11) is 0. The first-order valence-electron chi connectivity index (χ1n) is 6.64. The van der Waals surface area contributed by atoms with Crippen LogP contribution < -0.4 is 5.56 Å². The van der Waals surface area contributed by atoms with Gasteiger partial charge in [0.25, 0.3) is 5.56 Å². The third-order valence-electron chi connectivity index (χ3n) is 3.12. The number of rotatable bonds is 4. The highest BCUT2D eigenvalue weighted by molar-refractivity contribution is 5.04. The van der Waals surface area contributed by atoms with E-state index < -0.39 is 0 Å². The van der Waals surface area contributed by atoms with Gasteiger partial charge in [-0.05, 0) is 37.0 Å². The van der Waals surface area contributed by atoms with Gasteiger partial charge in [-0.15, -0.1) is 0 Å². The molecule has 102 valence electrons. The van der Waals surface area contributed by atoms with Gasteiger partial charge in [0.15, 0.2) is 0 Å². The van der Waals surface area contributed by atoms with Crippen LogP contribution in [-0.4, -0.2) is 9.97 Å². The van der Waals surface area contributed by atoms with Crippen LogP contribution in [0.1, 0.15) is 59.0 Å². The second-order valence-corrected chi connectivity index (χ2v) is 7.22. The van der Waals surface area contributed by atoms with Crippen molar-refractivity contribution >= 4 is 0 Å². The number of hydrogen-bond donors (Lipinski definition) is 1. The Balaban J connectivity index is 2.72. The normalized spacial score (nSPS) is 12.8. The Labute approximate surface area is 110 Å². The Morgan fingerprint density at radius 1 is 1.17 bits per heavy atom. The van der Waals surface area contributed by atoms with Crippen molar-refractivity contribution in [2.45, 2.75) is 60.8 Å². The third kappa shape index (κ3) is 5.48. The van der Waals surface area contributed by atoms with Gasteiger partial charge in [-0.3, -0.25) is 4.79 Å². The van der Waals surface area contributed by atoms with E-state index in [1.165, 1.54) is 6.42 Å². The summed E-state index contributed by atoms with van der Waals surface area (Å²) in [4.78, 5) is 18.5. The Morgan fingerprint density at radius 3 is 2.28 bits per heavy atom. The SMILES string of the molecule is Cc1nc(CC(C)(C)CCC(C)(C)C)cc(=O)[nH]1. The van der Waals surface area contributed by atoms with Gasteiger partial charge in [-0.2, -0.15) is 0 Å². The molecule has 0 aromatic carbocycles. The summed E-state index contributed by atoms with van der Waals surface area (Å²) in [5, 5.41) is 0. The highest BCUT2D eigenvalue weighted by Gasteiger charge is 2.22. The lowest BCUT2D eigenvalue weighted by molar-refractivity contribution is 0.252. The number of aromatic nitrogens is 2.